The first-order chi connectivity index (χ1) is 12.7. The van der Waals surface area contributed by atoms with Crippen LogP contribution in [0.3, 0.4) is 0 Å². The van der Waals surface area contributed by atoms with Crippen LogP contribution >= 0.6 is 27.5 Å². The number of ether oxygens (including phenoxy) is 1. The molecule has 0 aliphatic rings. The molecule has 0 spiro atoms. The predicted octanol–water partition coefficient (Wildman–Crippen LogP) is 4.47. The lowest BCUT2D eigenvalue weighted by Crippen LogP contribution is -2.09. The Morgan fingerprint density at radius 3 is 2.96 bits per heavy atom. The molecule has 0 radical (unpaired) electrons. The Bertz CT molecular complexity index is 899. The van der Waals surface area contributed by atoms with Crippen LogP contribution in [0, 0.1) is 0 Å². The number of nitrogens with one attached hydrogen (secondary N) is 1. The third-order valence-corrected chi connectivity index (χ3v) is 4.31. The summed E-state index contributed by atoms with van der Waals surface area (Å²) in [5, 5.41) is 15.5. The van der Waals surface area contributed by atoms with Gasteiger partial charge < -0.3 is 10.1 Å². The molecule has 1 N–H and O–H groups in total. The van der Waals surface area contributed by atoms with E-state index in [4.69, 9.17) is 16.3 Å². The van der Waals surface area contributed by atoms with Crippen LogP contribution in [0.2, 0.25) is 5.02 Å². The van der Waals surface area contributed by atoms with Crippen LogP contribution < -0.4 is 10.1 Å². The summed E-state index contributed by atoms with van der Waals surface area (Å²) in [5.74, 6) is 1.36. The number of halogens is 2. The Labute approximate surface area is 164 Å². The molecule has 2 aromatic carbocycles. The number of anilines is 1. The topological polar surface area (TPSA) is 64.9 Å². The molecule has 134 valence electrons. The average molecular weight is 435 g/mol. The van der Waals surface area contributed by atoms with E-state index in [-0.39, 0.29) is 0 Å². The molecule has 0 unspecified atom stereocenters. The summed E-state index contributed by atoms with van der Waals surface area (Å²) in [6, 6.07) is 13.5. The third kappa shape index (κ3) is 4.83. The highest BCUT2D eigenvalue weighted by atomic mass is 79.9. The molecule has 1 heterocycles. The number of nitrogens with zero attached hydrogens (tertiary/aromatic N) is 4. The second-order valence-electron chi connectivity index (χ2n) is 5.50. The van der Waals surface area contributed by atoms with E-state index in [0.717, 1.165) is 21.3 Å². The molecule has 0 saturated heterocycles. The van der Waals surface area contributed by atoms with E-state index in [2.05, 4.69) is 43.4 Å². The predicted molar refractivity (Wildman–Crippen MR) is 105 cm³/mol. The maximum atomic E-state index is 6.03. The quantitative estimate of drug-likeness (QED) is 0.530. The SMILES string of the molecule is C=CCn1nnnc1NCc1cc(Br)ccc1OCc1cccc(Cl)c1. The van der Waals surface area contributed by atoms with E-state index in [9.17, 15) is 0 Å². The zero-order valence-corrected chi connectivity index (χ0v) is 16.2. The van der Waals surface area contributed by atoms with Gasteiger partial charge in [-0.05, 0) is 46.3 Å². The van der Waals surface area contributed by atoms with Gasteiger partial charge in [-0.1, -0.05) is 50.8 Å². The molecule has 8 heteroatoms. The number of rotatable bonds is 8. The number of hydrogen-bond acceptors (Lipinski definition) is 5. The maximum Gasteiger partial charge on any atom is 0.243 e. The Morgan fingerprint density at radius 1 is 1.27 bits per heavy atom. The highest BCUT2D eigenvalue weighted by Gasteiger charge is 2.09. The molecule has 0 bridgehead atoms. The second kappa shape index (κ2) is 8.82. The summed E-state index contributed by atoms with van der Waals surface area (Å²) in [7, 11) is 0. The summed E-state index contributed by atoms with van der Waals surface area (Å²) in [6.07, 6.45) is 1.74. The van der Waals surface area contributed by atoms with Crippen molar-refractivity contribution in [2.24, 2.45) is 0 Å². The molecule has 0 aliphatic carbocycles. The monoisotopic (exact) mass is 433 g/mol. The van der Waals surface area contributed by atoms with Crippen molar-refractivity contribution in [1.82, 2.24) is 20.2 Å². The zero-order valence-electron chi connectivity index (χ0n) is 13.9. The normalized spacial score (nSPS) is 10.5. The van der Waals surface area contributed by atoms with Crippen LogP contribution in [0.4, 0.5) is 5.95 Å². The molecule has 6 nitrogen and oxygen atoms in total. The van der Waals surface area contributed by atoms with E-state index in [1.54, 1.807) is 10.8 Å². The molecule has 0 atom stereocenters. The van der Waals surface area contributed by atoms with Crippen molar-refractivity contribution >= 4 is 33.5 Å². The van der Waals surface area contributed by atoms with Crippen LogP contribution in [0.5, 0.6) is 5.75 Å². The number of aromatic nitrogens is 4. The van der Waals surface area contributed by atoms with Crippen LogP contribution in [-0.2, 0) is 19.7 Å². The van der Waals surface area contributed by atoms with Crippen LogP contribution in [0.25, 0.3) is 0 Å². The minimum atomic E-state index is 0.434. The third-order valence-electron chi connectivity index (χ3n) is 3.58. The Hall–Kier alpha value is -2.38. The van der Waals surface area contributed by atoms with Gasteiger partial charge in [0.1, 0.15) is 12.4 Å². The van der Waals surface area contributed by atoms with Crippen LogP contribution in [0.1, 0.15) is 11.1 Å². The summed E-state index contributed by atoms with van der Waals surface area (Å²) in [4.78, 5) is 0. The van der Waals surface area contributed by atoms with Gasteiger partial charge in [-0.3, -0.25) is 0 Å². The highest BCUT2D eigenvalue weighted by molar-refractivity contribution is 9.10. The summed E-state index contributed by atoms with van der Waals surface area (Å²) >= 11 is 9.53. The first kappa shape index (κ1) is 18.4. The van der Waals surface area contributed by atoms with Gasteiger partial charge in [0, 0.05) is 21.6 Å². The lowest BCUT2D eigenvalue weighted by Gasteiger charge is -2.13. The number of tetrazole rings is 1. The largest absolute Gasteiger partial charge is 0.489 e. The Balaban J connectivity index is 1.71. The lowest BCUT2D eigenvalue weighted by atomic mass is 10.2. The number of benzene rings is 2. The Kier molecular flexibility index (Phi) is 6.25. The van der Waals surface area contributed by atoms with Crippen molar-refractivity contribution in [3.63, 3.8) is 0 Å². The van der Waals surface area contributed by atoms with Crippen LogP contribution in [-0.4, -0.2) is 20.2 Å². The molecule has 3 aromatic rings. The van der Waals surface area contributed by atoms with Gasteiger partial charge >= 0.3 is 0 Å². The van der Waals surface area contributed by atoms with Crippen molar-refractivity contribution in [2.75, 3.05) is 5.32 Å². The first-order valence-electron chi connectivity index (χ1n) is 7.92. The number of hydrogen-bond donors (Lipinski definition) is 1. The van der Waals surface area contributed by atoms with Gasteiger partial charge in [0.2, 0.25) is 5.95 Å². The van der Waals surface area contributed by atoms with E-state index in [1.165, 1.54) is 0 Å². The van der Waals surface area contributed by atoms with Gasteiger partial charge in [-0.25, -0.2) is 4.68 Å². The van der Waals surface area contributed by atoms with E-state index < -0.39 is 0 Å². The molecule has 3 rings (SSSR count). The van der Waals surface area contributed by atoms with Crippen molar-refractivity contribution in [1.29, 1.82) is 0 Å². The lowest BCUT2D eigenvalue weighted by molar-refractivity contribution is 0.303. The second-order valence-corrected chi connectivity index (χ2v) is 6.85. The Morgan fingerprint density at radius 2 is 2.15 bits per heavy atom. The van der Waals surface area contributed by atoms with Crippen molar-refractivity contribution in [3.8, 4) is 5.75 Å². The maximum absolute atomic E-state index is 6.03. The van der Waals surface area contributed by atoms with Gasteiger partial charge in [0.15, 0.2) is 0 Å². The van der Waals surface area contributed by atoms with Crippen molar-refractivity contribution < 1.29 is 4.74 Å². The molecular weight excluding hydrogens is 418 g/mol. The summed E-state index contributed by atoms with van der Waals surface area (Å²) < 4.78 is 8.59. The van der Waals surface area contributed by atoms with Crippen molar-refractivity contribution in [3.05, 3.63) is 75.7 Å². The molecule has 1 aromatic heterocycles. The van der Waals surface area contributed by atoms with Gasteiger partial charge in [-0.15, -0.1) is 6.58 Å². The average Bonchev–Trinajstić information content (AvgIpc) is 3.07. The van der Waals surface area contributed by atoms with E-state index in [0.29, 0.717) is 30.7 Å². The van der Waals surface area contributed by atoms with E-state index in [1.807, 2.05) is 42.5 Å². The number of allylic oxidation sites excluding steroid dienone is 1. The fourth-order valence-electron chi connectivity index (χ4n) is 2.37. The highest BCUT2D eigenvalue weighted by Crippen LogP contribution is 2.25. The first-order valence-corrected chi connectivity index (χ1v) is 9.09. The minimum absolute atomic E-state index is 0.434. The molecule has 0 saturated carbocycles. The molecule has 26 heavy (non-hydrogen) atoms. The molecule has 0 amide bonds. The summed E-state index contributed by atoms with van der Waals surface area (Å²) in [5.41, 5.74) is 1.99. The smallest absolute Gasteiger partial charge is 0.243 e. The fourth-order valence-corrected chi connectivity index (χ4v) is 2.99. The minimum Gasteiger partial charge on any atom is -0.489 e. The van der Waals surface area contributed by atoms with Crippen molar-refractivity contribution in [2.45, 2.75) is 19.7 Å². The van der Waals surface area contributed by atoms with Gasteiger partial charge in [0.05, 0.1) is 6.54 Å². The molecule has 0 fully saturated rings. The molecule has 0 aliphatic heterocycles. The zero-order chi connectivity index (χ0) is 18.4. The van der Waals surface area contributed by atoms with Gasteiger partial charge in [0.25, 0.3) is 0 Å². The van der Waals surface area contributed by atoms with E-state index >= 15 is 0 Å². The van der Waals surface area contributed by atoms with Gasteiger partial charge in [-0.2, -0.15) is 0 Å². The standard InChI is InChI=1S/C18H17BrClN5O/c1-2-8-25-18(22-23-24-25)21-11-14-10-15(19)6-7-17(14)26-12-13-4-3-5-16(20)9-13/h2-7,9-10H,1,8,11-12H2,(H,21,22,24). The fraction of sp³-hybridized carbons (Fsp3) is 0.167. The summed E-state index contributed by atoms with van der Waals surface area (Å²) in [6.45, 7) is 5.18. The molecular formula is C18H17BrClN5O. The van der Waals surface area contributed by atoms with Crippen LogP contribution in [0.15, 0.2) is 59.6 Å².